The van der Waals surface area contributed by atoms with Crippen LogP contribution in [0.5, 0.6) is 17.2 Å². The van der Waals surface area contributed by atoms with Gasteiger partial charge < -0.3 is 14.8 Å². The fourth-order valence-electron chi connectivity index (χ4n) is 3.21. The maximum absolute atomic E-state index is 12.9. The summed E-state index contributed by atoms with van der Waals surface area (Å²) in [5, 5.41) is 5.16. The number of nitrogens with one attached hydrogen (secondary N) is 1. The molecule has 0 heterocycles. The Bertz CT molecular complexity index is 1140. The number of hydrogen-bond donors (Lipinski definition) is 1. The first-order valence-corrected chi connectivity index (χ1v) is 10.0. The van der Waals surface area contributed by atoms with Gasteiger partial charge in [-0.15, -0.1) is 0 Å². The molecular weight excluding hydrogens is 374 g/mol. The molecule has 4 nitrogen and oxygen atoms in total. The van der Waals surface area contributed by atoms with Crippen LogP contribution in [0.15, 0.2) is 97.1 Å². The zero-order valence-corrected chi connectivity index (χ0v) is 16.7. The van der Waals surface area contributed by atoms with E-state index >= 15 is 0 Å². The molecule has 0 bridgehead atoms. The van der Waals surface area contributed by atoms with Crippen LogP contribution < -0.4 is 14.8 Å². The van der Waals surface area contributed by atoms with Crippen molar-refractivity contribution >= 4 is 22.4 Å². The normalized spacial score (nSPS) is 11.6. The zero-order valence-electron chi connectivity index (χ0n) is 16.7. The van der Waals surface area contributed by atoms with Crippen LogP contribution in [0.25, 0.3) is 10.8 Å². The highest BCUT2D eigenvalue weighted by Gasteiger charge is 2.20. The number of amides is 1. The molecule has 150 valence electrons. The number of fused-ring (bicyclic) bond motifs is 1. The molecule has 0 aliphatic heterocycles. The molecule has 1 amide bonds. The summed E-state index contributed by atoms with van der Waals surface area (Å²) in [5.74, 6) is 1.75. The lowest BCUT2D eigenvalue weighted by Crippen LogP contribution is -2.32. The summed E-state index contributed by atoms with van der Waals surface area (Å²) in [6.45, 7) is 1.93. The van der Waals surface area contributed by atoms with Gasteiger partial charge in [-0.3, -0.25) is 4.79 Å². The molecular formula is C26H23NO3. The van der Waals surface area contributed by atoms with E-state index < -0.39 is 6.10 Å². The van der Waals surface area contributed by atoms with Gasteiger partial charge in [0.1, 0.15) is 11.5 Å². The van der Waals surface area contributed by atoms with E-state index in [2.05, 4.69) is 5.32 Å². The molecule has 4 rings (SSSR count). The molecule has 0 spiro atoms. The lowest BCUT2D eigenvalue weighted by Gasteiger charge is -2.19. The van der Waals surface area contributed by atoms with E-state index in [-0.39, 0.29) is 5.91 Å². The monoisotopic (exact) mass is 397 g/mol. The molecule has 4 heteroatoms. The molecule has 4 aromatic carbocycles. The summed E-state index contributed by atoms with van der Waals surface area (Å²) < 4.78 is 11.9. The molecule has 0 fully saturated rings. The van der Waals surface area contributed by atoms with E-state index in [0.29, 0.717) is 29.4 Å². The van der Waals surface area contributed by atoms with Gasteiger partial charge >= 0.3 is 0 Å². The van der Waals surface area contributed by atoms with Crippen molar-refractivity contribution < 1.29 is 14.3 Å². The highest BCUT2D eigenvalue weighted by atomic mass is 16.5. The van der Waals surface area contributed by atoms with Gasteiger partial charge in [0, 0.05) is 0 Å². The van der Waals surface area contributed by atoms with Crippen molar-refractivity contribution in [1.29, 1.82) is 0 Å². The Labute approximate surface area is 176 Å². The number of anilines is 1. The number of para-hydroxylation sites is 3. The molecule has 0 aromatic heterocycles. The number of carbonyl (C=O) groups excluding carboxylic acids is 1. The van der Waals surface area contributed by atoms with Crippen molar-refractivity contribution in [2.75, 3.05) is 5.32 Å². The third-order valence-electron chi connectivity index (χ3n) is 4.78. The molecule has 0 saturated carbocycles. The van der Waals surface area contributed by atoms with Crippen LogP contribution in [0.1, 0.15) is 13.3 Å². The number of rotatable bonds is 7. The number of hydrogen-bond acceptors (Lipinski definition) is 3. The van der Waals surface area contributed by atoms with E-state index in [0.717, 1.165) is 10.8 Å². The van der Waals surface area contributed by atoms with Crippen molar-refractivity contribution in [2.24, 2.45) is 0 Å². The third-order valence-corrected chi connectivity index (χ3v) is 4.78. The van der Waals surface area contributed by atoms with Crippen LogP contribution in [0.3, 0.4) is 0 Å². The van der Waals surface area contributed by atoms with Crippen LogP contribution in [0.4, 0.5) is 5.69 Å². The largest absolute Gasteiger partial charge is 0.481 e. The lowest BCUT2D eigenvalue weighted by molar-refractivity contribution is -0.122. The van der Waals surface area contributed by atoms with Crippen LogP contribution >= 0.6 is 0 Å². The average Bonchev–Trinajstić information content (AvgIpc) is 2.79. The van der Waals surface area contributed by atoms with Crippen molar-refractivity contribution in [3.63, 3.8) is 0 Å². The topological polar surface area (TPSA) is 47.6 Å². The molecule has 1 unspecified atom stereocenters. The van der Waals surface area contributed by atoms with E-state index in [9.17, 15) is 4.79 Å². The van der Waals surface area contributed by atoms with Gasteiger partial charge in [-0.2, -0.15) is 0 Å². The predicted molar refractivity (Wildman–Crippen MR) is 120 cm³/mol. The second kappa shape index (κ2) is 9.14. The third kappa shape index (κ3) is 4.61. The Kier molecular flexibility index (Phi) is 5.95. The van der Waals surface area contributed by atoms with Gasteiger partial charge in [-0.1, -0.05) is 67.6 Å². The fourth-order valence-corrected chi connectivity index (χ4v) is 3.21. The molecule has 4 aromatic rings. The molecule has 0 aliphatic carbocycles. The quantitative estimate of drug-likeness (QED) is 0.391. The van der Waals surface area contributed by atoms with Crippen molar-refractivity contribution in [3.05, 3.63) is 97.1 Å². The SMILES string of the molecule is CCC(Oc1ccc2ccccc2c1)C(=O)Nc1ccccc1Oc1ccccc1. The standard InChI is InChI=1S/C26H23NO3/c1-2-24(30-22-17-16-19-10-6-7-11-20(19)18-22)26(28)27-23-14-8-9-15-25(23)29-21-12-4-3-5-13-21/h3-18,24H,2H2,1H3,(H,27,28). The maximum atomic E-state index is 12.9. The van der Waals surface area contributed by atoms with Crippen molar-refractivity contribution in [2.45, 2.75) is 19.4 Å². The van der Waals surface area contributed by atoms with E-state index in [4.69, 9.17) is 9.47 Å². The summed E-state index contributed by atoms with van der Waals surface area (Å²) in [6.07, 6.45) is -0.0728. The molecule has 1 atom stereocenters. The first-order chi connectivity index (χ1) is 14.7. The van der Waals surface area contributed by atoms with Crippen molar-refractivity contribution in [3.8, 4) is 17.2 Å². The highest BCUT2D eigenvalue weighted by Crippen LogP contribution is 2.29. The summed E-state index contributed by atoms with van der Waals surface area (Å²) in [4.78, 5) is 12.9. The Hall–Kier alpha value is -3.79. The Morgan fingerprint density at radius 2 is 1.50 bits per heavy atom. The zero-order chi connectivity index (χ0) is 20.8. The molecule has 0 saturated heterocycles. The average molecular weight is 397 g/mol. The number of carbonyl (C=O) groups is 1. The first-order valence-electron chi connectivity index (χ1n) is 10.0. The number of benzene rings is 4. The summed E-state index contributed by atoms with van der Waals surface area (Å²) in [7, 11) is 0. The Morgan fingerprint density at radius 3 is 2.30 bits per heavy atom. The Balaban J connectivity index is 1.49. The minimum Gasteiger partial charge on any atom is -0.481 e. The van der Waals surface area contributed by atoms with Crippen LogP contribution in [-0.2, 0) is 4.79 Å². The van der Waals surface area contributed by atoms with Gasteiger partial charge in [0.2, 0.25) is 0 Å². The minimum absolute atomic E-state index is 0.213. The highest BCUT2D eigenvalue weighted by molar-refractivity contribution is 5.95. The minimum atomic E-state index is -0.615. The van der Waals surface area contributed by atoms with Crippen LogP contribution in [0, 0.1) is 0 Å². The Morgan fingerprint density at radius 1 is 0.800 bits per heavy atom. The van der Waals surface area contributed by atoms with Gasteiger partial charge in [0.15, 0.2) is 11.9 Å². The predicted octanol–water partition coefficient (Wildman–Crippen LogP) is 6.43. The molecule has 1 N–H and O–H groups in total. The van der Waals surface area contributed by atoms with E-state index in [1.165, 1.54) is 0 Å². The fraction of sp³-hybridized carbons (Fsp3) is 0.115. The second-order valence-electron chi connectivity index (χ2n) is 6.92. The van der Waals surface area contributed by atoms with Crippen LogP contribution in [0.2, 0.25) is 0 Å². The first kappa shape index (κ1) is 19.5. The number of ether oxygens (including phenoxy) is 2. The summed E-state index contributed by atoms with van der Waals surface area (Å²) >= 11 is 0. The summed E-state index contributed by atoms with van der Waals surface area (Å²) in [5.41, 5.74) is 0.604. The summed E-state index contributed by atoms with van der Waals surface area (Å²) in [6, 6.07) is 30.8. The van der Waals surface area contributed by atoms with E-state index in [1.807, 2.05) is 104 Å². The molecule has 0 radical (unpaired) electrons. The van der Waals surface area contributed by atoms with Gasteiger partial charge in [-0.05, 0) is 53.6 Å². The second-order valence-corrected chi connectivity index (χ2v) is 6.92. The van der Waals surface area contributed by atoms with Crippen LogP contribution in [-0.4, -0.2) is 12.0 Å². The van der Waals surface area contributed by atoms with E-state index in [1.54, 1.807) is 0 Å². The molecule has 0 aliphatic rings. The smallest absolute Gasteiger partial charge is 0.265 e. The lowest BCUT2D eigenvalue weighted by atomic mass is 10.1. The van der Waals surface area contributed by atoms with Gasteiger partial charge in [0.05, 0.1) is 5.69 Å². The van der Waals surface area contributed by atoms with Gasteiger partial charge in [-0.25, -0.2) is 0 Å². The van der Waals surface area contributed by atoms with Crippen molar-refractivity contribution in [1.82, 2.24) is 0 Å². The van der Waals surface area contributed by atoms with Gasteiger partial charge in [0.25, 0.3) is 5.91 Å². The molecule has 30 heavy (non-hydrogen) atoms. The maximum Gasteiger partial charge on any atom is 0.265 e.